The second-order valence-corrected chi connectivity index (χ2v) is 7.94. The molecule has 29 heavy (non-hydrogen) atoms. The second-order valence-electron chi connectivity index (χ2n) is 7.94. The van der Waals surface area contributed by atoms with Crippen molar-refractivity contribution in [3.63, 3.8) is 0 Å². The maximum Gasteiger partial charge on any atom is 0.305 e. The van der Waals surface area contributed by atoms with E-state index in [1.165, 1.54) is 26.4 Å². The molecule has 0 aromatic rings. The van der Waals surface area contributed by atoms with Gasteiger partial charge in [-0.3, -0.25) is 4.79 Å². The van der Waals surface area contributed by atoms with E-state index in [-0.39, 0.29) is 18.2 Å². The second kappa shape index (κ2) is 14.5. The Bertz CT molecular complexity index is 535. The fraction of sp³-hybridized carbons (Fsp3) is 0.708. The minimum absolute atomic E-state index is 0.167. The van der Waals surface area contributed by atoms with Crippen molar-refractivity contribution in [2.45, 2.75) is 103 Å². The van der Waals surface area contributed by atoms with Crippen molar-refractivity contribution in [3.8, 4) is 0 Å². The molecule has 1 saturated heterocycles. The zero-order chi connectivity index (χ0) is 21.5. The zero-order valence-corrected chi connectivity index (χ0v) is 18.6. The summed E-state index contributed by atoms with van der Waals surface area (Å²) in [4.78, 5) is 11.0. The normalized spacial score (nSPS) is 22.8. The predicted octanol–water partition coefficient (Wildman–Crippen LogP) is 5.24. The van der Waals surface area contributed by atoms with Gasteiger partial charge in [0.1, 0.15) is 12.2 Å². The number of aliphatic hydroxyl groups excluding tert-OH is 1. The van der Waals surface area contributed by atoms with Crippen molar-refractivity contribution >= 4 is 5.97 Å². The summed E-state index contributed by atoms with van der Waals surface area (Å²) in [5.41, 5.74) is 0. The summed E-state index contributed by atoms with van der Waals surface area (Å²) < 4.78 is 16.5. The average molecular weight is 409 g/mol. The summed E-state index contributed by atoms with van der Waals surface area (Å²) in [6.07, 6.45) is 19.3. The topological polar surface area (TPSA) is 65.0 Å². The molecule has 5 heteroatoms. The molecule has 166 valence electrons. The molecule has 1 aliphatic rings. The predicted molar refractivity (Wildman–Crippen MR) is 116 cm³/mol. The van der Waals surface area contributed by atoms with Crippen LogP contribution in [0.5, 0.6) is 0 Å². The van der Waals surface area contributed by atoms with Crippen LogP contribution in [0.4, 0.5) is 0 Å². The van der Waals surface area contributed by atoms with Crippen LogP contribution in [0.15, 0.2) is 36.5 Å². The molecule has 5 nitrogen and oxygen atoms in total. The number of hydrogen-bond acceptors (Lipinski definition) is 5. The Labute approximate surface area is 176 Å². The summed E-state index contributed by atoms with van der Waals surface area (Å²) in [6.45, 7) is 5.95. The number of hydrogen-bond donors (Lipinski definition) is 1. The molecule has 0 aromatic carbocycles. The molecule has 1 N–H and O–H groups in total. The van der Waals surface area contributed by atoms with Crippen molar-refractivity contribution in [2.75, 3.05) is 7.11 Å². The number of aliphatic hydroxyl groups is 1. The number of methoxy groups -OCH3 is 1. The van der Waals surface area contributed by atoms with Gasteiger partial charge in [-0.15, -0.1) is 0 Å². The van der Waals surface area contributed by atoms with Gasteiger partial charge in [0, 0.05) is 6.42 Å². The van der Waals surface area contributed by atoms with Gasteiger partial charge in [-0.25, -0.2) is 0 Å². The zero-order valence-electron chi connectivity index (χ0n) is 18.6. The van der Waals surface area contributed by atoms with Crippen LogP contribution in [-0.4, -0.2) is 42.3 Å². The first kappa shape index (κ1) is 25.6. The van der Waals surface area contributed by atoms with E-state index in [4.69, 9.17) is 9.47 Å². The quantitative estimate of drug-likeness (QED) is 0.242. The van der Waals surface area contributed by atoms with Gasteiger partial charge in [0.2, 0.25) is 0 Å². The number of unbranched alkanes of at least 4 members (excludes halogenated alkanes) is 4. The van der Waals surface area contributed by atoms with E-state index in [0.29, 0.717) is 12.8 Å². The molecule has 0 saturated carbocycles. The summed E-state index contributed by atoms with van der Waals surface area (Å²) in [6, 6.07) is 0. The molecule has 0 amide bonds. The maximum atomic E-state index is 11.0. The number of ether oxygens (including phenoxy) is 3. The van der Waals surface area contributed by atoms with E-state index < -0.39 is 11.9 Å². The van der Waals surface area contributed by atoms with Crippen molar-refractivity contribution in [3.05, 3.63) is 36.5 Å². The average Bonchev–Trinajstić information content (AvgIpc) is 3.00. The van der Waals surface area contributed by atoms with Gasteiger partial charge in [-0.1, -0.05) is 56.2 Å². The van der Waals surface area contributed by atoms with E-state index in [2.05, 4.69) is 29.9 Å². The van der Waals surface area contributed by atoms with Crippen LogP contribution in [0.25, 0.3) is 0 Å². The van der Waals surface area contributed by atoms with Crippen LogP contribution in [-0.2, 0) is 19.0 Å². The van der Waals surface area contributed by atoms with Crippen molar-refractivity contribution in [2.24, 2.45) is 0 Å². The van der Waals surface area contributed by atoms with Gasteiger partial charge in [-0.2, -0.15) is 0 Å². The van der Waals surface area contributed by atoms with E-state index in [1.807, 2.05) is 32.1 Å². The van der Waals surface area contributed by atoms with Crippen LogP contribution in [0.3, 0.4) is 0 Å². The third-order valence-corrected chi connectivity index (χ3v) is 4.81. The lowest BCUT2D eigenvalue weighted by Crippen LogP contribution is -2.34. The minimum atomic E-state index is -0.699. The Balaban J connectivity index is 2.40. The summed E-state index contributed by atoms with van der Waals surface area (Å²) in [5, 5.41) is 10.6. The fourth-order valence-electron chi connectivity index (χ4n) is 3.24. The van der Waals surface area contributed by atoms with Gasteiger partial charge in [0.15, 0.2) is 5.79 Å². The van der Waals surface area contributed by atoms with Crippen LogP contribution in [0, 0.1) is 0 Å². The lowest BCUT2D eigenvalue weighted by Gasteiger charge is -2.20. The van der Waals surface area contributed by atoms with Crippen molar-refractivity contribution in [1.82, 2.24) is 0 Å². The maximum absolute atomic E-state index is 11.0. The molecule has 0 radical (unpaired) electrons. The molecule has 0 bridgehead atoms. The van der Waals surface area contributed by atoms with E-state index in [9.17, 15) is 9.90 Å². The largest absolute Gasteiger partial charge is 0.469 e. The van der Waals surface area contributed by atoms with Gasteiger partial charge >= 0.3 is 5.97 Å². The number of carbonyl (C=O) groups excluding carboxylic acids is 1. The lowest BCUT2D eigenvalue weighted by atomic mass is 10.0. The van der Waals surface area contributed by atoms with Gasteiger partial charge in [0.25, 0.3) is 0 Å². The summed E-state index contributed by atoms with van der Waals surface area (Å²) in [7, 11) is 1.41. The minimum Gasteiger partial charge on any atom is -0.469 e. The molecule has 0 aliphatic carbocycles. The first-order chi connectivity index (χ1) is 13.9. The number of allylic oxidation sites excluding steroid dienone is 4. The van der Waals surface area contributed by atoms with Gasteiger partial charge < -0.3 is 19.3 Å². The van der Waals surface area contributed by atoms with E-state index >= 15 is 0 Å². The van der Waals surface area contributed by atoms with Gasteiger partial charge in [0.05, 0.1) is 13.2 Å². The first-order valence-electron chi connectivity index (χ1n) is 11.0. The van der Waals surface area contributed by atoms with E-state index in [1.54, 1.807) is 0 Å². The van der Waals surface area contributed by atoms with Crippen molar-refractivity contribution < 1.29 is 24.1 Å². The molecule has 1 fully saturated rings. The third kappa shape index (κ3) is 11.4. The highest BCUT2D eigenvalue weighted by Gasteiger charge is 2.43. The molecule has 0 unspecified atom stereocenters. The van der Waals surface area contributed by atoms with Gasteiger partial charge in [-0.05, 0) is 52.4 Å². The Hall–Kier alpha value is -1.43. The van der Waals surface area contributed by atoms with Crippen molar-refractivity contribution in [1.29, 1.82) is 0 Å². The Morgan fingerprint density at radius 1 is 1.07 bits per heavy atom. The Kier molecular flexibility index (Phi) is 12.8. The fourth-order valence-corrected chi connectivity index (χ4v) is 3.24. The molecule has 1 heterocycles. The molecule has 3 atom stereocenters. The third-order valence-electron chi connectivity index (χ3n) is 4.81. The number of rotatable bonds is 14. The highest BCUT2D eigenvalue weighted by molar-refractivity contribution is 5.69. The van der Waals surface area contributed by atoms with Crippen LogP contribution in [0.2, 0.25) is 0 Å². The van der Waals surface area contributed by atoms with Crippen LogP contribution in [0.1, 0.15) is 78.6 Å². The monoisotopic (exact) mass is 408 g/mol. The lowest BCUT2D eigenvalue weighted by molar-refractivity contribution is -0.153. The van der Waals surface area contributed by atoms with Crippen LogP contribution >= 0.6 is 0 Å². The summed E-state index contributed by atoms with van der Waals surface area (Å²) >= 11 is 0. The molecular weight excluding hydrogens is 368 g/mol. The molecule has 0 spiro atoms. The smallest absolute Gasteiger partial charge is 0.305 e. The standard InChI is InChI=1S/C24H40O5/c1-5-6-7-8-11-14-17-20(25)23-21(28-24(2,3)29-23)18-15-12-9-10-13-16-19-22(26)27-4/h9-11,14-15,18,20-21,23,25H,5-8,12-13,16-17,19H2,1-4H3/b10-9-,14-11-,18-15-/t20-,21-,23-/m1/s1. The first-order valence-corrected chi connectivity index (χ1v) is 11.0. The number of carbonyl (C=O) groups is 1. The molecule has 1 rings (SSSR count). The number of esters is 1. The van der Waals surface area contributed by atoms with Crippen LogP contribution < -0.4 is 0 Å². The highest BCUT2D eigenvalue weighted by Crippen LogP contribution is 2.31. The molecular formula is C24H40O5. The Morgan fingerprint density at radius 2 is 1.79 bits per heavy atom. The SMILES string of the molecule is CCCCC/C=C\C[C@@H](O)[C@H]1OC(C)(C)O[C@@H]1/C=C\C/C=C\CCCC(=O)OC. The molecule has 0 aromatic heterocycles. The Morgan fingerprint density at radius 3 is 2.52 bits per heavy atom. The highest BCUT2D eigenvalue weighted by atomic mass is 16.8. The molecule has 1 aliphatic heterocycles. The van der Waals surface area contributed by atoms with E-state index in [0.717, 1.165) is 25.7 Å². The summed E-state index contributed by atoms with van der Waals surface area (Å²) in [5.74, 6) is -0.866.